The van der Waals surface area contributed by atoms with E-state index in [4.69, 9.17) is 4.74 Å². The van der Waals surface area contributed by atoms with Crippen molar-refractivity contribution in [3.05, 3.63) is 59.2 Å². The van der Waals surface area contributed by atoms with Crippen molar-refractivity contribution in [2.45, 2.75) is 6.92 Å². The zero-order valence-electron chi connectivity index (χ0n) is 10.8. The number of rotatable bonds is 3. The predicted molar refractivity (Wildman–Crippen MR) is 73.3 cm³/mol. The minimum atomic E-state index is 0.00715. The number of aryl methyl sites for hydroxylation is 1. The first-order valence-corrected chi connectivity index (χ1v) is 5.82. The van der Waals surface area contributed by atoms with Gasteiger partial charge in [0.15, 0.2) is 0 Å². The van der Waals surface area contributed by atoms with Gasteiger partial charge in [0.1, 0.15) is 17.2 Å². The van der Waals surface area contributed by atoms with E-state index in [0.29, 0.717) is 17.0 Å². The molecule has 4 heteroatoms. The SMILES string of the molecule is COc1ccc(/C(=N\O)c2ccc(C)cc2)c(O)c1. The molecule has 0 fully saturated rings. The average Bonchev–Trinajstić information content (AvgIpc) is 2.43. The van der Waals surface area contributed by atoms with Crippen LogP contribution in [-0.2, 0) is 0 Å². The molecule has 0 bridgehead atoms. The summed E-state index contributed by atoms with van der Waals surface area (Å²) in [6.45, 7) is 1.98. The van der Waals surface area contributed by atoms with Crippen LogP contribution in [-0.4, -0.2) is 23.1 Å². The third-order valence-electron chi connectivity index (χ3n) is 2.89. The molecule has 0 saturated carbocycles. The Balaban J connectivity index is 2.46. The summed E-state index contributed by atoms with van der Waals surface area (Å²) in [4.78, 5) is 0. The predicted octanol–water partition coefficient (Wildman–Crippen LogP) is 2.94. The summed E-state index contributed by atoms with van der Waals surface area (Å²) in [7, 11) is 1.52. The third kappa shape index (κ3) is 2.68. The van der Waals surface area contributed by atoms with Crippen LogP contribution in [0.5, 0.6) is 11.5 Å². The van der Waals surface area contributed by atoms with E-state index in [2.05, 4.69) is 5.16 Å². The maximum Gasteiger partial charge on any atom is 0.128 e. The molecule has 0 aliphatic carbocycles. The Labute approximate surface area is 111 Å². The van der Waals surface area contributed by atoms with Gasteiger partial charge in [0.05, 0.1) is 7.11 Å². The lowest BCUT2D eigenvalue weighted by Crippen LogP contribution is -2.04. The second-order valence-electron chi connectivity index (χ2n) is 4.20. The molecule has 2 aromatic rings. The molecular formula is C15H15NO3. The van der Waals surface area contributed by atoms with Crippen molar-refractivity contribution in [1.82, 2.24) is 0 Å². The fourth-order valence-electron chi connectivity index (χ4n) is 1.82. The van der Waals surface area contributed by atoms with Crippen LogP contribution in [0.25, 0.3) is 0 Å². The van der Waals surface area contributed by atoms with Crippen molar-refractivity contribution in [2.75, 3.05) is 7.11 Å². The molecule has 19 heavy (non-hydrogen) atoms. The first-order chi connectivity index (χ1) is 9.15. The van der Waals surface area contributed by atoms with Crippen molar-refractivity contribution >= 4 is 5.71 Å². The van der Waals surface area contributed by atoms with Crippen LogP contribution in [0.3, 0.4) is 0 Å². The number of oxime groups is 1. The number of aromatic hydroxyl groups is 1. The molecule has 2 aromatic carbocycles. The average molecular weight is 257 g/mol. The number of methoxy groups -OCH3 is 1. The van der Waals surface area contributed by atoms with Crippen molar-refractivity contribution in [3.63, 3.8) is 0 Å². The lowest BCUT2D eigenvalue weighted by Gasteiger charge is -2.09. The van der Waals surface area contributed by atoms with E-state index < -0.39 is 0 Å². The van der Waals surface area contributed by atoms with Gasteiger partial charge in [-0.1, -0.05) is 35.0 Å². The Morgan fingerprint density at radius 2 is 1.79 bits per heavy atom. The fourth-order valence-corrected chi connectivity index (χ4v) is 1.82. The fraction of sp³-hybridized carbons (Fsp3) is 0.133. The maximum atomic E-state index is 9.97. The minimum Gasteiger partial charge on any atom is -0.507 e. The molecule has 98 valence electrons. The summed E-state index contributed by atoms with van der Waals surface area (Å²) < 4.78 is 5.02. The lowest BCUT2D eigenvalue weighted by molar-refractivity contribution is 0.319. The van der Waals surface area contributed by atoms with Gasteiger partial charge in [-0.05, 0) is 19.1 Å². The standard InChI is InChI=1S/C15H15NO3/c1-10-3-5-11(6-4-10)15(16-18)13-8-7-12(19-2)9-14(13)17/h3-9,17-18H,1-2H3/b16-15-. The Kier molecular flexibility index (Phi) is 3.71. The summed E-state index contributed by atoms with van der Waals surface area (Å²) in [5.41, 5.74) is 2.61. The van der Waals surface area contributed by atoms with Crippen molar-refractivity contribution < 1.29 is 15.1 Å². The summed E-state index contributed by atoms with van der Waals surface area (Å²) >= 11 is 0. The van der Waals surface area contributed by atoms with Crippen molar-refractivity contribution in [1.29, 1.82) is 0 Å². The molecule has 0 atom stereocenters. The smallest absolute Gasteiger partial charge is 0.128 e. The van der Waals surface area contributed by atoms with E-state index in [1.807, 2.05) is 31.2 Å². The highest BCUT2D eigenvalue weighted by atomic mass is 16.5. The van der Waals surface area contributed by atoms with Crippen LogP contribution in [0.2, 0.25) is 0 Å². The van der Waals surface area contributed by atoms with Crippen LogP contribution < -0.4 is 4.74 Å². The zero-order valence-corrected chi connectivity index (χ0v) is 10.8. The largest absolute Gasteiger partial charge is 0.507 e. The lowest BCUT2D eigenvalue weighted by atomic mass is 10.0. The molecular weight excluding hydrogens is 242 g/mol. The Morgan fingerprint density at radius 1 is 1.11 bits per heavy atom. The van der Waals surface area contributed by atoms with Gasteiger partial charge >= 0.3 is 0 Å². The molecule has 0 unspecified atom stereocenters. The molecule has 0 aliphatic rings. The Bertz CT molecular complexity index is 603. The summed E-state index contributed by atoms with van der Waals surface area (Å²) in [6.07, 6.45) is 0. The first kappa shape index (κ1) is 13.0. The van der Waals surface area contributed by atoms with Gasteiger partial charge < -0.3 is 15.1 Å². The van der Waals surface area contributed by atoms with Gasteiger partial charge in [-0.2, -0.15) is 0 Å². The van der Waals surface area contributed by atoms with Crippen molar-refractivity contribution in [3.8, 4) is 11.5 Å². The van der Waals surface area contributed by atoms with Gasteiger partial charge in [0.25, 0.3) is 0 Å². The molecule has 0 aliphatic heterocycles. The van der Waals surface area contributed by atoms with E-state index in [1.165, 1.54) is 13.2 Å². The quantitative estimate of drug-likeness (QED) is 0.505. The van der Waals surface area contributed by atoms with Gasteiger partial charge in [-0.25, -0.2) is 0 Å². The molecule has 0 radical (unpaired) electrons. The molecule has 0 heterocycles. The molecule has 4 nitrogen and oxygen atoms in total. The number of hydrogen-bond acceptors (Lipinski definition) is 4. The van der Waals surface area contributed by atoms with Gasteiger partial charge in [0, 0.05) is 17.2 Å². The number of phenols is 1. The van der Waals surface area contributed by atoms with E-state index in [9.17, 15) is 10.3 Å². The van der Waals surface area contributed by atoms with Gasteiger partial charge in [0.2, 0.25) is 0 Å². The van der Waals surface area contributed by atoms with E-state index in [1.54, 1.807) is 12.1 Å². The second kappa shape index (κ2) is 5.44. The number of phenolic OH excluding ortho intramolecular Hbond substituents is 1. The topological polar surface area (TPSA) is 62.0 Å². The second-order valence-corrected chi connectivity index (χ2v) is 4.20. The number of nitrogens with zero attached hydrogens (tertiary/aromatic N) is 1. The normalized spacial score (nSPS) is 11.4. The number of hydrogen-bond donors (Lipinski definition) is 2. The van der Waals surface area contributed by atoms with Crippen LogP contribution >= 0.6 is 0 Å². The third-order valence-corrected chi connectivity index (χ3v) is 2.89. The van der Waals surface area contributed by atoms with Gasteiger partial charge in [-0.15, -0.1) is 0 Å². The zero-order chi connectivity index (χ0) is 13.8. The van der Waals surface area contributed by atoms with E-state index in [0.717, 1.165) is 11.1 Å². The maximum absolute atomic E-state index is 9.97. The Hall–Kier alpha value is -2.49. The molecule has 0 amide bonds. The molecule has 2 N–H and O–H groups in total. The first-order valence-electron chi connectivity index (χ1n) is 5.82. The van der Waals surface area contributed by atoms with Crippen LogP contribution in [0.15, 0.2) is 47.6 Å². The monoisotopic (exact) mass is 257 g/mol. The van der Waals surface area contributed by atoms with Crippen LogP contribution in [0.4, 0.5) is 0 Å². The van der Waals surface area contributed by atoms with E-state index >= 15 is 0 Å². The molecule has 0 aromatic heterocycles. The molecule has 0 spiro atoms. The summed E-state index contributed by atoms with van der Waals surface area (Å²) in [5.74, 6) is 0.551. The van der Waals surface area contributed by atoms with Crippen LogP contribution in [0.1, 0.15) is 16.7 Å². The minimum absolute atomic E-state index is 0.00715. The summed E-state index contributed by atoms with van der Waals surface area (Å²) in [6, 6.07) is 12.4. The van der Waals surface area contributed by atoms with Crippen molar-refractivity contribution in [2.24, 2.45) is 5.16 Å². The number of ether oxygens (including phenoxy) is 1. The highest BCUT2D eigenvalue weighted by Gasteiger charge is 2.13. The highest BCUT2D eigenvalue weighted by molar-refractivity contribution is 6.14. The number of benzene rings is 2. The highest BCUT2D eigenvalue weighted by Crippen LogP contribution is 2.26. The van der Waals surface area contributed by atoms with Crippen LogP contribution in [0, 0.1) is 6.92 Å². The molecule has 2 rings (SSSR count). The molecule has 0 saturated heterocycles. The Morgan fingerprint density at radius 3 is 2.32 bits per heavy atom. The summed E-state index contributed by atoms with van der Waals surface area (Å²) in [5, 5.41) is 22.5. The van der Waals surface area contributed by atoms with E-state index in [-0.39, 0.29) is 5.75 Å². The van der Waals surface area contributed by atoms with Gasteiger partial charge in [-0.3, -0.25) is 0 Å².